The molecule has 3 fully saturated rings. The lowest BCUT2D eigenvalue weighted by Gasteiger charge is -2.35. The summed E-state index contributed by atoms with van der Waals surface area (Å²) < 4.78 is 111. The van der Waals surface area contributed by atoms with Crippen molar-refractivity contribution in [2.75, 3.05) is 52.6 Å². The Labute approximate surface area is 423 Å². The fraction of sp³-hybridized carbons (Fsp3) is 0.571. The number of phosphoric acid groups is 3. The summed E-state index contributed by atoms with van der Waals surface area (Å²) in [6, 6.07) is 0.915. The number of fused-ring (bicyclic) bond motifs is 2. The Bertz CT molecular complexity index is 3370. The van der Waals surface area contributed by atoms with Crippen molar-refractivity contribution < 1.29 is 103 Å². The van der Waals surface area contributed by atoms with Crippen molar-refractivity contribution in [1.82, 2.24) is 48.9 Å². The molecule has 8 heterocycles. The van der Waals surface area contributed by atoms with E-state index in [-0.39, 0.29) is 40.5 Å². The molecule has 1 amide bonds. The van der Waals surface area contributed by atoms with Crippen LogP contribution in [0.3, 0.4) is 0 Å². The summed E-state index contributed by atoms with van der Waals surface area (Å²) >= 11 is 0. The number of amides is 1. The molecule has 76 heavy (non-hydrogen) atoms. The summed E-state index contributed by atoms with van der Waals surface area (Å²) in [5.74, 6) is -1.95. The largest absolute Gasteiger partial charge is 0.778 e. The Morgan fingerprint density at radius 1 is 0.816 bits per heavy atom. The zero-order valence-corrected chi connectivity index (χ0v) is 43.2. The molecular weight excluding hydrogens is 1110 g/mol. The van der Waals surface area contributed by atoms with Gasteiger partial charge in [-0.2, -0.15) is 18.2 Å². The van der Waals surface area contributed by atoms with Crippen LogP contribution in [0.1, 0.15) is 25.1 Å². The summed E-state index contributed by atoms with van der Waals surface area (Å²) in [5.41, 5.74) is 7.20. The molecule has 0 radical (unpaired) electrons. The summed E-state index contributed by atoms with van der Waals surface area (Å²) in [6.07, 6.45) is -11.8. The number of hydrogen-bond acceptors (Lipinski definition) is 27. The summed E-state index contributed by atoms with van der Waals surface area (Å²) in [5, 5.41) is 23.9. The van der Waals surface area contributed by atoms with Gasteiger partial charge < -0.3 is 79.3 Å². The predicted molar refractivity (Wildman–Crippen MR) is 245 cm³/mol. The molecule has 0 aliphatic carbocycles. The van der Waals surface area contributed by atoms with Crippen molar-refractivity contribution in [2.45, 2.75) is 73.5 Å². The van der Waals surface area contributed by atoms with Gasteiger partial charge in [0.1, 0.15) is 50.0 Å². The third-order valence-corrected chi connectivity index (χ3v) is 18.4. The Kier molecular flexibility index (Phi) is 16.5. The Hall–Kier alpha value is -5.07. The number of phosphoric ester groups is 2. The number of hydrogen-bond donors (Lipinski definition) is 10. The number of aromatic amines is 2. The third-order valence-electron chi connectivity index (χ3n) is 12.2. The van der Waals surface area contributed by atoms with Crippen LogP contribution >= 0.6 is 31.1 Å². The molecule has 16 atom stereocenters. The Morgan fingerprint density at radius 2 is 1.43 bits per heavy atom. The lowest BCUT2D eigenvalue weighted by molar-refractivity contribution is -0.646. The molecule has 0 saturated carbocycles. The van der Waals surface area contributed by atoms with Gasteiger partial charge in [0, 0.05) is 45.9 Å². The highest BCUT2D eigenvalue weighted by Gasteiger charge is 2.55. The molecule has 4 unspecified atom stereocenters. The van der Waals surface area contributed by atoms with Crippen LogP contribution in [0, 0.1) is 5.92 Å². The van der Waals surface area contributed by atoms with E-state index in [1.807, 2.05) is 4.98 Å². The van der Waals surface area contributed by atoms with Crippen molar-refractivity contribution >= 4 is 71.1 Å². The average molecular weight is 1160 g/mol. The number of imidazole rings is 2. The van der Waals surface area contributed by atoms with Crippen LogP contribution in [-0.4, -0.2) is 164 Å². The molecule has 0 bridgehead atoms. The minimum atomic E-state index is -6.24. The van der Waals surface area contributed by atoms with Gasteiger partial charge in [-0.25, -0.2) is 38.0 Å². The summed E-state index contributed by atoms with van der Waals surface area (Å²) in [4.78, 5) is 116. The van der Waals surface area contributed by atoms with E-state index >= 15 is 0 Å². The molecule has 8 rings (SSSR count). The Morgan fingerprint density at radius 3 is 2.08 bits per heavy atom. The van der Waals surface area contributed by atoms with Crippen molar-refractivity contribution in [3.8, 4) is 0 Å². The van der Waals surface area contributed by atoms with E-state index in [0.717, 1.165) is 41.2 Å². The molecule has 5 aromatic heterocycles. The molecule has 3 aliphatic rings. The number of nitrogens with zero attached hydrogens (tertiary/aromatic N) is 8. The van der Waals surface area contributed by atoms with Crippen LogP contribution in [-0.2, 0) is 76.0 Å². The van der Waals surface area contributed by atoms with Crippen molar-refractivity contribution in [2.24, 2.45) is 13.0 Å². The van der Waals surface area contributed by atoms with Crippen molar-refractivity contribution in [3.63, 3.8) is 0 Å². The number of ether oxygens (including phenoxy) is 5. The second-order valence-electron chi connectivity index (χ2n) is 17.0. The Balaban J connectivity index is 0.971. The minimum Gasteiger partial charge on any atom is -0.778 e. The van der Waals surface area contributed by atoms with Crippen LogP contribution in [0.25, 0.3) is 22.3 Å². The van der Waals surface area contributed by atoms with Gasteiger partial charge >= 0.3 is 34.7 Å². The van der Waals surface area contributed by atoms with E-state index in [4.69, 9.17) is 48.7 Å². The number of nitrogens with one attached hydrogen (secondary N) is 3. The summed E-state index contributed by atoms with van der Waals surface area (Å²) in [6.45, 7) is -3.40. The topological polar surface area (TPSA) is 519 Å². The van der Waals surface area contributed by atoms with Crippen LogP contribution in [0.5, 0.6) is 0 Å². The molecule has 0 aromatic carbocycles. The van der Waals surface area contributed by atoms with Crippen LogP contribution in [0.15, 0.2) is 45.6 Å². The van der Waals surface area contributed by atoms with E-state index in [2.05, 4.69) is 38.9 Å². The quantitative estimate of drug-likeness (QED) is 0.0245. The summed E-state index contributed by atoms with van der Waals surface area (Å²) in [7, 11) is -18.5. The van der Waals surface area contributed by atoms with E-state index in [1.54, 1.807) is 0 Å². The van der Waals surface area contributed by atoms with Gasteiger partial charge in [-0.15, -0.1) is 0 Å². The number of aromatic nitrogens is 10. The van der Waals surface area contributed by atoms with E-state index in [1.165, 1.54) is 36.7 Å². The zero-order chi connectivity index (χ0) is 55.4. The van der Waals surface area contributed by atoms with Gasteiger partial charge in [0.15, 0.2) is 23.9 Å². The van der Waals surface area contributed by atoms with Gasteiger partial charge in [0.05, 0.1) is 51.1 Å². The molecule has 12 N–H and O–H groups in total. The van der Waals surface area contributed by atoms with Crippen LogP contribution in [0.2, 0.25) is 0 Å². The van der Waals surface area contributed by atoms with Crippen LogP contribution in [0.4, 0.5) is 11.8 Å². The second kappa shape index (κ2) is 22.0. The number of carbonyl (C=O) groups is 1. The molecule has 41 heteroatoms. The fourth-order valence-electron chi connectivity index (χ4n) is 8.90. The zero-order valence-electron chi connectivity index (χ0n) is 39.7. The van der Waals surface area contributed by atoms with Crippen molar-refractivity contribution in [3.05, 3.63) is 62.4 Å². The first-order chi connectivity index (χ1) is 35.7. The molecule has 37 nitrogen and oxygen atoms in total. The standard InChI is InChI=1S/C35H49N13O24P4/c1-38-19(50)7-14-15(68-32(24(14)63-3)48-13-45(2)21-29(48)43-34(37)44-30(21)53)8-66-74(57,58)71-76(61,62)72-75(59,60)67-10-17-26(25(64-4)33(70-17)47-12-41-20-27(36)39-11-40-28(20)47)73(55,56)65-9-16-22(51)23(52)31(69-16)46-6-5-18(49)42-35(46)54/h5-6,11-17,22-26,31-33,51-52H,7-10H2,1-4H3,(H10-,36,37,38,39,40,42,43,44,49,50,53,54,55,56,57,58,59,60,61,62)/t14-,15-,16-,17-,22-,23-,24-,25-,26-,31-,32-,33-/m1/s1. The van der Waals surface area contributed by atoms with Gasteiger partial charge in [-0.1, -0.05) is 0 Å². The lowest BCUT2D eigenvalue weighted by atomic mass is 9.94. The lowest BCUT2D eigenvalue weighted by Crippen LogP contribution is -2.40. The number of carbonyl (C=O) groups excluding carboxylic acids is 1. The highest BCUT2D eigenvalue weighted by Crippen LogP contribution is 2.68. The first kappa shape index (κ1) is 57.1. The van der Waals surface area contributed by atoms with E-state index in [0.29, 0.717) is 0 Å². The maximum absolute atomic E-state index is 14.2. The molecular formula is C35H49N13O24P4. The molecule has 3 saturated heterocycles. The smallest absolute Gasteiger partial charge is 0.490 e. The fourth-order valence-corrected chi connectivity index (χ4v) is 14.1. The molecule has 3 aliphatic heterocycles. The third kappa shape index (κ3) is 11.7. The highest BCUT2D eigenvalue weighted by atomic mass is 31.3. The van der Waals surface area contributed by atoms with Gasteiger partial charge in [-0.3, -0.25) is 42.5 Å². The van der Waals surface area contributed by atoms with Crippen LogP contribution < -0.4 is 43.1 Å². The highest BCUT2D eigenvalue weighted by molar-refractivity contribution is 7.66. The maximum atomic E-state index is 14.2. The normalized spacial score (nSPS) is 30.0. The monoisotopic (exact) mass is 1160 g/mol. The predicted octanol–water partition coefficient (Wildman–Crippen LogP) is -4.39. The van der Waals surface area contributed by atoms with Gasteiger partial charge in [0.2, 0.25) is 24.4 Å². The molecule has 0 spiro atoms. The maximum Gasteiger partial charge on any atom is 0.490 e. The number of anilines is 2. The first-order valence-corrected chi connectivity index (χ1v) is 28.0. The molecule has 418 valence electrons. The SMILES string of the molecule is CNC(=O)C[C@H]1[C@@H](OC)[C@H](n2c[n+](C)c3c(=O)[nH]c(N)nc32)O[C@@H]1COP(=O)(O)OP(=O)(O)OP(=O)(O)OC[C@H]1O[C@@H](n2cnc3c(N)ncnc32)[C@H](OC)[C@@H]1P(=O)([O-])OC[C@H]1O[C@@H](n2ccc(=O)[nH]c2=O)[C@H](O)[C@@H]1O. The van der Waals surface area contributed by atoms with Crippen molar-refractivity contribution in [1.29, 1.82) is 0 Å². The van der Waals surface area contributed by atoms with E-state index < -0.39 is 147 Å². The molecule has 5 aromatic rings. The van der Waals surface area contributed by atoms with E-state index in [9.17, 15) is 67.2 Å². The number of nitrogen functional groups attached to an aromatic ring is 2. The van der Waals surface area contributed by atoms with Gasteiger partial charge in [-0.05, 0) is 0 Å². The number of aryl methyl sites for hydroxylation is 1. The number of aliphatic hydroxyl groups excluding tert-OH is 2. The number of methoxy groups -OCH3 is 2. The number of H-pyrrole nitrogens is 2. The number of nitrogens with two attached hydrogens (primary N) is 2. The number of aliphatic hydroxyl groups is 2. The average Bonchev–Trinajstić information content (AvgIpc) is 4.18. The second-order valence-corrected chi connectivity index (χ2v) is 23.5. The number of rotatable bonds is 21. The van der Waals surface area contributed by atoms with Gasteiger partial charge in [0.25, 0.3) is 16.7 Å². The first-order valence-electron chi connectivity index (χ1n) is 21.9. The minimum absolute atomic E-state index is 0.00841.